The van der Waals surface area contributed by atoms with Crippen LogP contribution in [0.4, 0.5) is 58.4 Å². The van der Waals surface area contributed by atoms with E-state index in [1.165, 1.54) is 6.92 Å². The molecule has 3 rings (SSSR count). The molecule has 43 heavy (non-hydrogen) atoms. The molecule has 0 heterocycles. The zero-order valence-electron chi connectivity index (χ0n) is 21.3. The SMILES string of the molecule is CCN(C(=O)c1ccc(C(F)(F)F)cc1)c1ccc(C(OC(=O)c2ccc(C(F)(F)F)cc2)(C(F)(F)F)C(F)(F)F)cc1. The van der Waals surface area contributed by atoms with Crippen molar-refractivity contribution < 1.29 is 67.0 Å². The molecule has 0 spiro atoms. The van der Waals surface area contributed by atoms with Crippen molar-refractivity contribution >= 4 is 17.6 Å². The maximum atomic E-state index is 14.2. The van der Waals surface area contributed by atoms with Crippen molar-refractivity contribution in [2.24, 2.45) is 0 Å². The number of benzene rings is 3. The highest BCUT2D eigenvalue weighted by Gasteiger charge is 2.75. The van der Waals surface area contributed by atoms with E-state index in [1.54, 1.807) is 0 Å². The number of amides is 1. The zero-order valence-corrected chi connectivity index (χ0v) is 21.3. The van der Waals surface area contributed by atoms with Crippen LogP contribution >= 0.6 is 0 Å². The number of hydrogen-bond donors (Lipinski definition) is 0. The molecule has 3 aromatic carbocycles. The molecule has 4 nitrogen and oxygen atoms in total. The average Bonchev–Trinajstić information content (AvgIpc) is 2.90. The van der Waals surface area contributed by atoms with Gasteiger partial charge in [-0.3, -0.25) is 4.79 Å². The van der Waals surface area contributed by atoms with Crippen LogP contribution in [0.5, 0.6) is 0 Å². The first-order chi connectivity index (χ1) is 19.6. The van der Waals surface area contributed by atoms with Crippen LogP contribution in [0.25, 0.3) is 0 Å². The van der Waals surface area contributed by atoms with E-state index in [0.29, 0.717) is 36.4 Å². The minimum Gasteiger partial charge on any atom is -0.431 e. The lowest BCUT2D eigenvalue weighted by Crippen LogP contribution is -2.56. The van der Waals surface area contributed by atoms with Gasteiger partial charge < -0.3 is 9.64 Å². The van der Waals surface area contributed by atoms with Gasteiger partial charge in [-0.2, -0.15) is 52.7 Å². The molecule has 0 atom stereocenters. The summed E-state index contributed by atoms with van der Waals surface area (Å²) in [6, 6.07) is 5.99. The van der Waals surface area contributed by atoms with E-state index >= 15 is 0 Å². The molecule has 1 amide bonds. The average molecular weight is 631 g/mol. The predicted octanol–water partition coefficient (Wildman–Crippen LogP) is 8.57. The summed E-state index contributed by atoms with van der Waals surface area (Å²) in [6.45, 7) is 1.16. The van der Waals surface area contributed by atoms with Crippen LogP contribution in [-0.2, 0) is 22.7 Å². The van der Waals surface area contributed by atoms with Crippen LogP contribution in [0.3, 0.4) is 0 Å². The summed E-state index contributed by atoms with van der Waals surface area (Å²) in [5.74, 6) is -3.17. The van der Waals surface area contributed by atoms with Crippen molar-refractivity contribution in [3.05, 3.63) is 101 Å². The summed E-state index contributed by atoms with van der Waals surface area (Å²) < 4.78 is 166. The largest absolute Gasteiger partial charge is 0.442 e. The zero-order chi connectivity index (χ0) is 32.6. The first-order valence-corrected chi connectivity index (χ1v) is 11.8. The van der Waals surface area contributed by atoms with Crippen molar-refractivity contribution in [1.29, 1.82) is 0 Å². The summed E-state index contributed by atoms with van der Waals surface area (Å²) in [5, 5.41) is 0. The number of anilines is 1. The fraction of sp³-hybridized carbons (Fsp3) is 0.259. The van der Waals surface area contributed by atoms with Gasteiger partial charge in [0, 0.05) is 23.4 Å². The normalized spacial score (nSPS) is 13.0. The lowest BCUT2D eigenvalue weighted by Gasteiger charge is -2.37. The highest BCUT2D eigenvalue weighted by atomic mass is 19.4. The Morgan fingerprint density at radius 3 is 1.30 bits per heavy atom. The Balaban J connectivity index is 2.01. The van der Waals surface area contributed by atoms with E-state index in [-0.39, 0.29) is 42.1 Å². The Bertz CT molecular complexity index is 1420. The summed E-state index contributed by atoms with van der Waals surface area (Å²) in [4.78, 5) is 26.1. The highest BCUT2D eigenvalue weighted by Crippen LogP contribution is 2.53. The van der Waals surface area contributed by atoms with E-state index in [0.717, 1.165) is 17.0 Å². The minimum atomic E-state index is -6.34. The van der Waals surface area contributed by atoms with E-state index in [2.05, 4.69) is 4.74 Å². The van der Waals surface area contributed by atoms with Gasteiger partial charge >= 0.3 is 36.3 Å². The van der Waals surface area contributed by atoms with Crippen LogP contribution in [0.1, 0.15) is 44.3 Å². The molecule has 0 aliphatic rings. The third kappa shape index (κ3) is 6.72. The maximum Gasteiger partial charge on any atom is 0.442 e. The molecular weight excluding hydrogens is 614 g/mol. The third-order valence-corrected chi connectivity index (χ3v) is 6.10. The van der Waals surface area contributed by atoms with Gasteiger partial charge in [-0.05, 0) is 67.6 Å². The number of halogens is 12. The van der Waals surface area contributed by atoms with Gasteiger partial charge in [-0.1, -0.05) is 12.1 Å². The van der Waals surface area contributed by atoms with E-state index < -0.39 is 64.4 Å². The first-order valence-electron chi connectivity index (χ1n) is 11.8. The van der Waals surface area contributed by atoms with E-state index in [9.17, 15) is 62.3 Å². The summed E-state index contributed by atoms with van der Waals surface area (Å²) >= 11 is 0. The molecule has 232 valence electrons. The maximum absolute atomic E-state index is 14.2. The molecule has 3 aromatic rings. The highest BCUT2D eigenvalue weighted by molar-refractivity contribution is 6.06. The number of nitrogens with zero attached hydrogens (tertiary/aromatic N) is 1. The van der Waals surface area contributed by atoms with Crippen molar-refractivity contribution in [1.82, 2.24) is 0 Å². The van der Waals surface area contributed by atoms with Crippen molar-refractivity contribution in [3.63, 3.8) is 0 Å². The Labute approximate surface area is 234 Å². The quantitative estimate of drug-likeness (QED) is 0.202. The second-order valence-corrected chi connectivity index (χ2v) is 8.81. The van der Waals surface area contributed by atoms with Gasteiger partial charge in [-0.25, -0.2) is 4.79 Å². The van der Waals surface area contributed by atoms with E-state index in [1.807, 2.05) is 0 Å². The molecule has 0 aliphatic carbocycles. The second kappa shape index (κ2) is 11.4. The summed E-state index contributed by atoms with van der Waals surface area (Å²) in [7, 11) is 0. The molecule has 0 bridgehead atoms. The summed E-state index contributed by atoms with van der Waals surface area (Å²) in [6.07, 6.45) is -22.3. The molecule has 0 aliphatic heterocycles. The molecule has 0 aromatic heterocycles. The fourth-order valence-electron chi connectivity index (χ4n) is 3.93. The molecule has 0 fully saturated rings. The smallest absolute Gasteiger partial charge is 0.431 e. The molecule has 0 radical (unpaired) electrons. The number of ether oxygens (including phenoxy) is 1. The van der Waals surface area contributed by atoms with Gasteiger partial charge in [0.2, 0.25) is 0 Å². The van der Waals surface area contributed by atoms with Gasteiger partial charge in [0.25, 0.3) is 5.91 Å². The lowest BCUT2D eigenvalue weighted by molar-refractivity contribution is -0.373. The van der Waals surface area contributed by atoms with Crippen LogP contribution < -0.4 is 4.90 Å². The molecule has 0 saturated heterocycles. The first kappa shape index (κ1) is 33.3. The van der Waals surface area contributed by atoms with Crippen LogP contribution in [-0.4, -0.2) is 30.8 Å². The Morgan fingerprint density at radius 1 is 0.581 bits per heavy atom. The number of rotatable bonds is 6. The molecule has 16 heteroatoms. The Hall–Kier alpha value is -4.24. The van der Waals surface area contributed by atoms with E-state index in [4.69, 9.17) is 0 Å². The molecule has 0 N–H and O–H groups in total. The second-order valence-electron chi connectivity index (χ2n) is 8.81. The summed E-state index contributed by atoms with van der Waals surface area (Å²) in [5.41, 5.74) is -10.9. The van der Waals surface area contributed by atoms with Crippen LogP contribution in [0.2, 0.25) is 0 Å². The Morgan fingerprint density at radius 2 is 0.953 bits per heavy atom. The third-order valence-electron chi connectivity index (χ3n) is 6.10. The lowest BCUT2D eigenvalue weighted by atomic mass is 9.91. The topological polar surface area (TPSA) is 46.6 Å². The van der Waals surface area contributed by atoms with Gasteiger partial charge in [-0.15, -0.1) is 0 Å². The number of hydrogen-bond acceptors (Lipinski definition) is 3. The van der Waals surface area contributed by atoms with Crippen LogP contribution in [0.15, 0.2) is 72.8 Å². The van der Waals surface area contributed by atoms with Crippen LogP contribution in [0, 0.1) is 0 Å². The molecule has 0 unspecified atom stereocenters. The number of alkyl halides is 12. The van der Waals surface area contributed by atoms with Crippen molar-refractivity contribution in [2.75, 3.05) is 11.4 Å². The van der Waals surface area contributed by atoms with Gasteiger partial charge in [0.15, 0.2) is 0 Å². The standard InChI is InChI=1S/C27H17F12NO3/c1-2-40(21(41)15-3-7-18(8-4-15)24(28,29)30)20-13-11-17(12-14-20)23(26(34,35)36,27(37,38)39)43-22(42)16-5-9-19(10-6-16)25(31,32)33/h3-14H,2H2,1H3. The van der Waals surface area contributed by atoms with Crippen molar-refractivity contribution in [2.45, 2.75) is 37.2 Å². The Kier molecular flexibility index (Phi) is 8.86. The predicted molar refractivity (Wildman–Crippen MR) is 126 cm³/mol. The minimum absolute atomic E-state index is 0.216. The number of carbonyl (C=O) groups is 2. The number of carbonyl (C=O) groups excluding carboxylic acids is 2. The fourth-order valence-corrected chi connectivity index (χ4v) is 3.93. The molecule has 0 saturated carbocycles. The van der Waals surface area contributed by atoms with Gasteiger partial charge in [0.05, 0.1) is 16.7 Å². The molecular formula is C27H17F12NO3. The van der Waals surface area contributed by atoms with Gasteiger partial charge in [0.1, 0.15) is 0 Å². The monoisotopic (exact) mass is 631 g/mol. The number of esters is 1. The van der Waals surface area contributed by atoms with Crippen molar-refractivity contribution in [3.8, 4) is 0 Å².